The smallest absolute Gasteiger partial charge is 0.297 e. The molecule has 0 fully saturated rings. The van der Waals surface area contributed by atoms with Crippen molar-refractivity contribution in [3.63, 3.8) is 0 Å². The predicted molar refractivity (Wildman–Crippen MR) is 146 cm³/mol. The van der Waals surface area contributed by atoms with Crippen LogP contribution in [0.3, 0.4) is 0 Å². The van der Waals surface area contributed by atoms with Crippen LogP contribution in [0.5, 0.6) is 11.5 Å². The van der Waals surface area contributed by atoms with Gasteiger partial charge >= 0.3 is 0 Å². The van der Waals surface area contributed by atoms with E-state index in [4.69, 9.17) is 27.9 Å². The van der Waals surface area contributed by atoms with Crippen LogP contribution in [0.25, 0.3) is 10.8 Å². The third-order valence-electron chi connectivity index (χ3n) is 5.67. The van der Waals surface area contributed by atoms with E-state index in [1.807, 2.05) is 0 Å². The number of fused-ring (bicyclic) bond motifs is 1. The summed E-state index contributed by atoms with van der Waals surface area (Å²) in [6.07, 6.45) is 0.246. The predicted octanol–water partition coefficient (Wildman–Crippen LogP) is 7.34. The van der Waals surface area contributed by atoms with Gasteiger partial charge in [0.1, 0.15) is 22.0 Å². The van der Waals surface area contributed by atoms with E-state index >= 15 is 0 Å². The number of phenols is 1. The average molecular weight is 574 g/mol. The molecule has 0 unspecified atom stereocenters. The van der Waals surface area contributed by atoms with Crippen LogP contribution in [-0.2, 0) is 16.5 Å². The second-order valence-corrected chi connectivity index (χ2v) is 10.3. The van der Waals surface area contributed by atoms with Gasteiger partial charge in [0.25, 0.3) is 16.0 Å². The number of benzene rings is 4. The number of carbonyl (C=O) groups is 1. The van der Waals surface area contributed by atoms with Crippen LogP contribution in [0.2, 0.25) is 10.0 Å². The van der Waals surface area contributed by atoms with Gasteiger partial charge in [0.2, 0.25) is 0 Å². The normalized spacial score (nSPS) is 11.7. The van der Waals surface area contributed by atoms with Crippen molar-refractivity contribution >= 4 is 67.1 Å². The molecular formula is C26H21Cl2N3O6S. The molecule has 0 saturated heterocycles. The Balaban J connectivity index is 1.84. The van der Waals surface area contributed by atoms with Crippen LogP contribution in [0, 0.1) is 0 Å². The molecular weight excluding hydrogens is 553 g/mol. The van der Waals surface area contributed by atoms with Gasteiger partial charge in [-0.1, -0.05) is 54.4 Å². The maximum Gasteiger partial charge on any atom is 0.297 e. The zero-order valence-electron chi connectivity index (χ0n) is 20.1. The van der Waals surface area contributed by atoms with Crippen molar-refractivity contribution in [2.75, 3.05) is 12.4 Å². The van der Waals surface area contributed by atoms with Crippen molar-refractivity contribution in [1.82, 2.24) is 0 Å². The molecule has 4 rings (SSSR count). The molecule has 0 spiro atoms. The van der Waals surface area contributed by atoms with E-state index in [0.717, 1.165) is 0 Å². The number of aromatic hydroxyl groups is 1. The van der Waals surface area contributed by atoms with Crippen LogP contribution in [0.1, 0.15) is 22.8 Å². The fraction of sp³-hybridized carbons (Fsp3) is 0.115. The highest BCUT2D eigenvalue weighted by Gasteiger charge is 2.23. The summed E-state index contributed by atoms with van der Waals surface area (Å²) in [6, 6.07) is 15.6. The first-order chi connectivity index (χ1) is 18.0. The number of nitrogens with one attached hydrogen (secondary N) is 1. The number of rotatable bonds is 7. The molecule has 0 heterocycles. The Labute approximate surface area is 228 Å². The minimum Gasteiger partial charge on any atom is -0.505 e. The lowest BCUT2D eigenvalue weighted by Gasteiger charge is -2.13. The number of aryl methyl sites for hydroxylation is 1. The van der Waals surface area contributed by atoms with Gasteiger partial charge in [-0.15, -0.1) is 10.2 Å². The number of halogens is 2. The molecule has 0 saturated carbocycles. The second kappa shape index (κ2) is 11.0. The number of ether oxygens (including phenoxy) is 1. The SMILES string of the molecule is CCc1cc(Cl)cc(N=Nc2c(O)c(C(=O)Nc3ccc(OC)cc3Cl)cc3ccccc23)c1S(=O)(=O)O. The monoisotopic (exact) mass is 573 g/mol. The highest BCUT2D eigenvalue weighted by atomic mass is 35.5. The summed E-state index contributed by atoms with van der Waals surface area (Å²) in [6.45, 7) is 1.69. The third-order valence-corrected chi connectivity index (χ3v) is 7.19. The second-order valence-electron chi connectivity index (χ2n) is 8.08. The van der Waals surface area contributed by atoms with E-state index in [9.17, 15) is 22.9 Å². The van der Waals surface area contributed by atoms with Gasteiger partial charge in [-0.3, -0.25) is 9.35 Å². The third kappa shape index (κ3) is 5.58. The Morgan fingerprint density at radius 2 is 1.79 bits per heavy atom. The lowest BCUT2D eigenvalue weighted by atomic mass is 10.0. The Kier molecular flexibility index (Phi) is 7.89. The summed E-state index contributed by atoms with van der Waals surface area (Å²) in [5.74, 6) is -0.673. The molecule has 9 nitrogen and oxygen atoms in total. The quantitative estimate of drug-likeness (QED) is 0.156. The number of amides is 1. The van der Waals surface area contributed by atoms with Crippen LogP contribution in [0.4, 0.5) is 17.1 Å². The number of hydrogen-bond donors (Lipinski definition) is 3. The maximum absolute atomic E-state index is 13.2. The summed E-state index contributed by atoms with van der Waals surface area (Å²) >= 11 is 12.4. The van der Waals surface area contributed by atoms with Crippen LogP contribution >= 0.6 is 23.2 Å². The van der Waals surface area contributed by atoms with Gasteiger partial charge in [0.15, 0.2) is 5.75 Å². The summed E-state index contributed by atoms with van der Waals surface area (Å²) in [5.41, 5.74) is 0.0954. The molecule has 196 valence electrons. The largest absolute Gasteiger partial charge is 0.505 e. The van der Waals surface area contributed by atoms with E-state index < -0.39 is 26.7 Å². The zero-order valence-corrected chi connectivity index (χ0v) is 22.4. The van der Waals surface area contributed by atoms with Crippen LogP contribution in [0.15, 0.2) is 75.8 Å². The highest BCUT2D eigenvalue weighted by Crippen LogP contribution is 2.41. The van der Waals surface area contributed by atoms with Crippen molar-refractivity contribution in [3.8, 4) is 11.5 Å². The fourth-order valence-corrected chi connectivity index (χ4v) is 5.23. The van der Waals surface area contributed by atoms with E-state index in [1.165, 1.54) is 31.4 Å². The zero-order chi connectivity index (χ0) is 27.6. The Morgan fingerprint density at radius 1 is 1.05 bits per heavy atom. The number of methoxy groups -OCH3 is 1. The molecule has 12 heteroatoms. The first-order valence-corrected chi connectivity index (χ1v) is 13.3. The summed E-state index contributed by atoms with van der Waals surface area (Å²) < 4.78 is 39.2. The van der Waals surface area contributed by atoms with Crippen molar-refractivity contribution in [2.24, 2.45) is 10.2 Å². The van der Waals surface area contributed by atoms with Crippen LogP contribution in [-0.4, -0.2) is 31.1 Å². The minimum atomic E-state index is -4.68. The highest BCUT2D eigenvalue weighted by molar-refractivity contribution is 7.86. The topological polar surface area (TPSA) is 138 Å². The minimum absolute atomic E-state index is 0.0895. The molecule has 0 bridgehead atoms. The van der Waals surface area contributed by atoms with E-state index in [0.29, 0.717) is 16.5 Å². The van der Waals surface area contributed by atoms with E-state index in [-0.39, 0.29) is 44.7 Å². The summed E-state index contributed by atoms with van der Waals surface area (Å²) in [7, 11) is -3.19. The molecule has 0 radical (unpaired) electrons. The van der Waals surface area contributed by atoms with Crippen molar-refractivity contribution in [3.05, 3.63) is 81.8 Å². The number of phenolic OH excluding ortho intramolecular Hbond substituents is 1. The maximum atomic E-state index is 13.2. The standard InChI is InChI=1S/C26H21Cl2N3O6S/c1-3-14-10-16(27)12-22(25(14)38(34,35)36)30-31-23-18-7-5-4-6-15(18)11-19(24(23)32)26(33)29-21-9-8-17(37-2)13-20(21)28/h4-13,32H,3H2,1-2H3,(H,29,33)(H,34,35,36). The Hall–Kier alpha value is -3.70. The lowest BCUT2D eigenvalue weighted by molar-refractivity contribution is 0.102. The molecule has 4 aromatic rings. The number of carbonyl (C=O) groups excluding carboxylic acids is 1. The molecule has 0 atom stereocenters. The first kappa shape index (κ1) is 27.3. The molecule has 0 aliphatic carbocycles. The number of nitrogens with zero attached hydrogens (tertiary/aromatic N) is 2. The van der Waals surface area contributed by atoms with Crippen LogP contribution < -0.4 is 10.1 Å². The average Bonchev–Trinajstić information content (AvgIpc) is 2.87. The van der Waals surface area contributed by atoms with Gasteiger partial charge in [-0.25, -0.2) is 0 Å². The first-order valence-electron chi connectivity index (χ1n) is 11.1. The molecule has 0 aliphatic rings. The summed E-state index contributed by atoms with van der Waals surface area (Å²) in [5, 5.41) is 23.3. The summed E-state index contributed by atoms with van der Waals surface area (Å²) in [4.78, 5) is 12.7. The number of hydrogen-bond acceptors (Lipinski definition) is 7. The Morgan fingerprint density at radius 3 is 2.45 bits per heavy atom. The van der Waals surface area contributed by atoms with Gasteiger partial charge in [-0.05, 0) is 47.7 Å². The van der Waals surface area contributed by atoms with Gasteiger partial charge < -0.3 is 15.2 Å². The molecule has 3 N–H and O–H groups in total. The molecule has 38 heavy (non-hydrogen) atoms. The fourth-order valence-electron chi connectivity index (χ4n) is 3.88. The van der Waals surface area contributed by atoms with Gasteiger partial charge in [0, 0.05) is 16.5 Å². The van der Waals surface area contributed by atoms with E-state index in [2.05, 4.69) is 15.5 Å². The van der Waals surface area contributed by atoms with Crippen molar-refractivity contribution < 1.29 is 27.6 Å². The molecule has 0 aliphatic heterocycles. The molecule has 0 aromatic heterocycles. The molecule has 1 amide bonds. The van der Waals surface area contributed by atoms with E-state index in [1.54, 1.807) is 43.3 Å². The number of azo groups is 1. The molecule has 4 aromatic carbocycles. The Bertz CT molecular complexity index is 1710. The lowest BCUT2D eigenvalue weighted by Crippen LogP contribution is -2.12. The van der Waals surface area contributed by atoms with Crippen molar-refractivity contribution in [2.45, 2.75) is 18.2 Å². The van der Waals surface area contributed by atoms with Crippen molar-refractivity contribution in [1.29, 1.82) is 0 Å². The van der Waals surface area contributed by atoms with Gasteiger partial charge in [-0.2, -0.15) is 8.42 Å². The number of anilines is 1. The van der Waals surface area contributed by atoms with Gasteiger partial charge in [0.05, 0.1) is 23.4 Å².